The maximum atomic E-state index is 11.7. The van der Waals surface area contributed by atoms with Crippen molar-refractivity contribution >= 4 is 11.9 Å². The minimum atomic E-state index is 0.0714. The quantitative estimate of drug-likeness (QED) is 0.624. The Morgan fingerprint density at radius 3 is 2.82 bits per heavy atom. The van der Waals surface area contributed by atoms with Crippen LogP contribution in [0.25, 0.3) is 0 Å². The van der Waals surface area contributed by atoms with E-state index < -0.39 is 0 Å². The molecule has 7 nitrogen and oxygen atoms in total. The fraction of sp³-hybridized carbons (Fsp3) is 0.476. The second-order valence-electron chi connectivity index (χ2n) is 7.93. The smallest absolute Gasteiger partial charge is 0.220 e. The SMILES string of the molecule is CN=C(NCc1ccc(Cn2ccnc2)cc1)N1CCCC2(CNC(=O)C2)C1. The number of likely N-dealkylation sites (tertiary alicyclic amines) is 1. The van der Waals surface area contributed by atoms with Gasteiger partial charge in [0.2, 0.25) is 5.91 Å². The van der Waals surface area contributed by atoms with Gasteiger partial charge in [0, 0.05) is 64.0 Å². The van der Waals surface area contributed by atoms with Crippen molar-refractivity contribution in [2.75, 3.05) is 26.7 Å². The third-order valence-electron chi connectivity index (χ3n) is 5.77. The van der Waals surface area contributed by atoms with Crippen LogP contribution in [0, 0.1) is 5.41 Å². The summed E-state index contributed by atoms with van der Waals surface area (Å²) in [6.45, 7) is 4.23. The summed E-state index contributed by atoms with van der Waals surface area (Å²) in [5.74, 6) is 1.10. The summed E-state index contributed by atoms with van der Waals surface area (Å²) < 4.78 is 2.06. The van der Waals surface area contributed by atoms with E-state index in [1.807, 2.05) is 19.6 Å². The molecule has 0 aliphatic carbocycles. The first-order chi connectivity index (χ1) is 13.7. The molecule has 1 unspecified atom stereocenters. The topological polar surface area (TPSA) is 74.6 Å². The van der Waals surface area contributed by atoms with Gasteiger partial charge in [-0.3, -0.25) is 9.79 Å². The second kappa shape index (κ2) is 8.04. The summed E-state index contributed by atoms with van der Waals surface area (Å²) >= 11 is 0. The molecule has 1 atom stereocenters. The molecular weight excluding hydrogens is 352 g/mol. The standard InChI is InChI=1S/C21H28N6O/c1-22-20(27-9-2-7-21(15-27)11-19(28)25-14-21)24-12-17-3-5-18(6-4-17)13-26-10-8-23-16-26/h3-6,8,10,16H,2,7,9,11-15H2,1H3,(H,22,24)(H,25,28). The molecule has 2 saturated heterocycles. The second-order valence-corrected chi connectivity index (χ2v) is 7.93. The number of piperidine rings is 1. The van der Waals surface area contributed by atoms with E-state index in [1.165, 1.54) is 11.1 Å². The van der Waals surface area contributed by atoms with Crippen LogP contribution in [-0.2, 0) is 17.9 Å². The van der Waals surface area contributed by atoms with Crippen LogP contribution in [0.5, 0.6) is 0 Å². The van der Waals surface area contributed by atoms with Crippen molar-refractivity contribution in [3.63, 3.8) is 0 Å². The van der Waals surface area contributed by atoms with Crippen molar-refractivity contribution < 1.29 is 4.79 Å². The first-order valence-electron chi connectivity index (χ1n) is 9.92. The number of hydrogen-bond donors (Lipinski definition) is 2. The molecule has 1 amide bonds. The highest BCUT2D eigenvalue weighted by molar-refractivity contribution is 5.81. The van der Waals surface area contributed by atoms with Crippen molar-refractivity contribution in [2.45, 2.75) is 32.4 Å². The molecule has 1 aromatic carbocycles. The summed E-state index contributed by atoms with van der Waals surface area (Å²) in [4.78, 5) is 22.6. The number of nitrogens with zero attached hydrogens (tertiary/aromatic N) is 4. The Morgan fingerprint density at radius 1 is 1.32 bits per heavy atom. The lowest BCUT2D eigenvalue weighted by molar-refractivity contribution is -0.119. The van der Waals surface area contributed by atoms with Crippen molar-refractivity contribution in [1.29, 1.82) is 0 Å². The van der Waals surface area contributed by atoms with Gasteiger partial charge in [0.1, 0.15) is 0 Å². The number of carbonyl (C=O) groups is 1. The Labute approximate surface area is 165 Å². The predicted molar refractivity (Wildman–Crippen MR) is 109 cm³/mol. The van der Waals surface area contributed by atoms with Gasteiger partial charge < -0.3 is 20.1 Å². The molecule has 148 valence electrons. The number of amides is 1. The summed E-state index contributed by atoms with van der Waals surface area (Å²) in [6.07, 6.45) is 8.44. The Hall–Kier alpha value is -2.83. The number of hydrogen-bond acceptors (Lipinski definition) is 3. The van der Waals surface area contributed by atoms with Crippen molar-refractivity contribution in [1.82, 2.24) is 25.1 Å². The number of rotatable bonds is 4. The van der Waals surface area contributed by atoms with Crippen LogP contribution >= 0.6 is 0 Å². The zero-order valence-corrected chi connectivity index (χ0v) is 16.4. The van der Waals surface area contributed by atoms with Crippen molar-refractivity contribution in [3.8, 4) is 0 Å². The van der Waals surface area contributed by atoms with E-state index in [2.05, 4.69) is 54.3 Å². The molecule has 2 aliphatic rings. The van der Waals surface area contributed by atoms with Gasteiger partial charge in [-0.25, -0.2) is 4.98 Å². The molecule has 1 aromatic heterocycles. The number of benzene rings is 1. The van der Waals surface area contributed by atoms with Crippen molar-refractivity contribution in [2.24, 2.45) is 10.4 Å². The molecule has 0 bridgehead atoms. The Morgan fingerprint density at radius 2 is 2.14 bits per heavy atom. The minimum Gasteiger partial charge on any atom is -0.355 e. The molecule has 28 heavy (non-hydrogen) atoms. The van der Waals surface area contributed by atoms with Crippen LogP contribution in [0.2, 0.25) is 0 Å². The fourth-order valence-electron chi connectivity index (χ4n) is 4.30. The number of guanidine groups is 1. The molecule has 0 saturated carbocycles. The Bertz CT molecular complexity index is 829. The molecule has 0 radical (unpaired) electrons. The third-order valence-corrected chi connectivity index (χ3v) is 5.77. The average Bonchev–Trinajstić information content (AvgIpc) is 3.34. The van der Waals surface area contributed by atoms with Crippen LogP contribution in [0.15, 0.2) is 48.0 Å². The number of imidazole rings is 1. The van der Waals surface area contributed by atoms with E-state index in [0.29, 0.717) is 6.42 Å². The van der Waals surface area contributed by atoms with Crippen LogP contribution in [-0.4, -0.2) is 53.0 Å². The highest BCUT2D eigenvalue weighted by Gasteiger charge is 2.42. The predicted octanol–water partition coefficient (Wildman–Crippen LogP) is 1.61. The van der Waals surface area contributed by atoms with E-state index >= 15 is 0 Å². The molecule has 2 aromatic rings. The Kier molecular flexibility index (Phi) is 5.32. The largest absolute Gasteiger partial charge is 0.355 e. The van der Waals surface area contributed by atoms with Gasteiger partial charge in [-0.1, -0.05) is 24.3 Å². The molecule has 7 heteroatoms. The van der Waals surface area contributed by atoms with Gasteiger partial charge in [0.15, 0.2) is 5.96 Å². The zero-order chi connectivity index (χ0) is 19.4. The monoisotopic (exact) mass is 380 g/mol. The van der Waals surface area contributed by atoms with Crippen molar-refractivity contribution in [3.05, 3.63) is 54.1 Å². The number of aromatic nitrogens is 2. The lowest BCUT2D eigenvalue weighted by atomic mass is 9.79. The highest BCUT2D eigenvalue weighted by Crippen LogP contribution is 2.35. The maximum Gasteiger partial charge on any atom is 0.220 e. The van der Waals surface area contributed by atoms with E-state index in [9.17, 15) is 4.79 Å². The van der Waals surface area contributed by atoms with Crippen LogP contribution < -0.4 is 10.6 Å². The highest BCUT2D eigenvalue weighted by atomic mass is 16.1. The molecule has 2 aliphatic heterocycles. The van der Waals surface area contributed by atoms with Crippen LogP contribution in [0.3, 0.4) is 0 Å². The van der Waals surface area contributed by atoms with E-state index in [0.717, 1.165) is 51.5 Å². The van der Waals surface area contributed by atoms with E-state index in [-0.39, 0.29) is 11.3 Å². The van der Waals surface area contributed by atoms with Crippen LogP contribution in [0.1, 0.15) is 30.4 Å². The number of nitrogens with one attached hydrogen (secondary N) is 2. The Balaban J connectivity index is 1.33. The summed E-state index contributed by atoms with van der Waals surface area (Å²) in [5, 5.41) is 6.50. The van der Waals surface area contributed by atoms with Gasteiger partial charge in [0.25, 0.3) is 0 Å². The van der Waals surface area contributed by atoms with E-state index in [1.54, 1.807) is 6.20 Å². The molecular formula is C21H28N6O. The summed E-state index contributed by atoms with van der Waals surface area (Å²) in [7, 11) is 1.83. The lowest BCUT2D eigenvalue weighted by Crippen LogP contribution is -2.51. The number of aliphatic imine (C=N–C) groups is 1. The van der Waals surface area contributed by atoms with Gasteiger partial charge in [-0.05, 0) is 24.0 Å². The minimum absolute atomic E-state index is 0.0714. The van der Waals surface area contributed by atoms with Gasteiger partial charge in [-0.2, -0.15) is 0 Å². The average molecular weight is 380 g/mol. The fourth-order valence-corrected chi connectivity index (χ4v) is 4.30. The molecule has 1 spiro atoms. The number of carbonyl (C=O) groups excluding carboxylic acids is 1. The molecule has 3 heterocycles. The van der Waals surface area contributed by atoms with Gasteiger partial charge >= 0.3 is 0 Å². The molecule has 2 fully saturated rings. The normalized spacial score (nSPS) is 22.5. The van der Waals surface area contributed by atoms with Gasteiger partial charge in [0.05, 0.1) is 6.33 Å². The van der Waals surface area contributed by atoms with E-state index in [4.69, 9.17) is 0 Å². The summed E-state index contributed by atoms with van der Waals surface area (Å²) in [6, 6.07) is 8.63. The third kappa shape index (κ3) is 4.18. The first-order valence-corrected chi connectivity index (χ1v) is 9.92. The van der Waals surface area contributed by atoms with Crippen LogP contribution in [0.4, 0.5) is 0 Å². The van der Waals surface area contributed by atoms with Gasteiger partial charge in [-0.15, -0.1) is 0 Å². The zero-order valence-electron chi connectivity index (χ0n) is 16.4. The maximum absolute atomic E-state index is 11.7. The summed E-state index contributed by atoms with van der Waals surface area (Å²) in [5.41, 5.74) is 2.55. The lowest BCUT2D eigenvalue weighted by Gasteiger charge is -2.40. The first kappa shape index (κ1) is 18.5. The molecule has 4 rings (SSSR count). The molecule has 2 N–H and O–H groups in total.